The van der Waals surface area contributed by atoms with Gasteiger partial charge in [-0.05, 0) is 57.3 Å². The van der Waals surface area contributed by atoms with Crippen molar-refractivity contribution in [3.05, 3.63) is 16.9 Å². The van der Waals surface area contributed by atoms with Gasteiger partial charge in [0.1, 0.15) is 0 Å². The highest BCUT2D eigenvalue weighted by atomic mass is 16.6. The third-order valence-electron chi connectivity index (χ3n) is 5.24. The van der Waals surface area contributed by atoms with Crippen molar-refractivity contribution in [2.45, 2.75) is 73.3 Å². The predicted octanol–water partition coefficient (Wildman–Crippen LogP) is 3.96. The van der Waals surface area contributed by atoms with Crippen molar-refractivity contribution in [1.29, 1.82) is 0 Å². The lowest BCUT2D eigenvalue weighted by Gasteiger charge is -2.41. The lowest BCUT2D eigenvalue weighted by atomic mass is 9.69. The molecule has 0 aromatic carbocycles. The smallest absolute Gasteiger partial charge is 0.232 e. The summed E-state index contributed by atoms with van der Waals surface area (Å²) >= 11 is 0. The van der Waals surface area contributed by atoms with Crippen molar-refractivity contribution in [3.8, 4) is 0 Å². The average molecular weight is 353 g/mol. The normalized spacial score (nSPS) is 22.1. The van der Waals surface area contributed by atoms with Gasteiger partial charge < -0.3 is 10.5 Å². The van der Waals surface area contributed by atoms with Crippen LogP contribution in [-0.2, 0) is 4.79 Å². The molecule has 1 amide bonds. The van der Waals surface area contributed by atoms with Gasteiger partial charge in [-0.3, -0.25) is 15.0 Å². The maximum Gasteiger partial charge on any atom is 0.232 e. The van der Waals surface area contributed by atoms with E-state index < -0.39 is 0 Å². The van der Waals surface area contributed by atoms with Crippen LogP contribution in [0.2, 0.25) is 0 Å². The van der Waals surface area contributed by atoms with E-state index in [9.17, 15) is 10.0 Å². The van der Waals surface area contributed by atoms with Crippen LogP contribution in [0.4, 0.5) is 0 Å². The van der Waals surface area contributed by atoms with Crippen molar-refractivity contribution < 1.29 is 4.79 Å². The largest absolute Gasteiger partial charge is 0.767 e. The third-order valence-corrected chi connectivity index (χ3v) is 5.24. The molecule has 0 bridgehead atoms. The zero-order valence-electron chi connectivity index (χ0n) is 17.5. The Morgan fingerprint density at radius 1 is 1.28 bits per heavy atom. The first-order chi connectivity index (χ1) is 11.3. The maximum atomic E-state index is 12.1. The summed E-state index contributed by atoms with van der Waals surface area (Å²) in [5.41, 5.74) is 1.73. The van der Waals surface area contributed by atoms with E-state index in [-0.39, 0.29) is 11.4 Å². The van der Waals surface area contributed by atoms with Gasteiger partial charge in [0, 0.05) is 32.6 Å². The van der Waals surface area contributed by atoms with Crippen LogP contribution in [0.3, 0.4) is 0 Å². The number of carbonyl (C=O) groups excluding carboxylic acids is 1. The van der Waals surface area contributed by atoms with Gasteiger partial charge in [0.15, 0.2) is 0 Å². The molecular weight excluding hydrogens is 314 g/mol. The number of hydrogen-bond acceptors (Lipinski definition) is 4. The summed E-state index contributed by atoms with van der Waals surface area (Å²) in [4.78, 5) is 11.3. The number of hydroxylamine groups is 1. The fourth-order valence-electron chi connectivity index (χ4n) is 3.24. The molecule has 2 atom stereocenters. The molecule has 0 aliphatic heterocycles. The van der Waals surface area contributed by atoms with Crippen molar-refractivity contribution in [3.63, 3.8) is 0 Å². The third kappa shape index (κ3) is 7.47. The highest BCUT2D eigenvalue weighted by Gasteiger charge is 2.31. The number of hydrogen-bond donors (Lipinski definition) is 1. The van der Waals surface area contributed by atoms with E-state index in [4.69, 9.17) is 0 Å². The van der Waals surface area contributed by atoms with Gasteiger partial charge in [-0.1, -0.05) is 32.4 Å². The Labute approximate surface area is 154 Å². The lowest BCUT2D eigenvalue weighted by molar-refractivity contribution is -0.139. The Bertz CT molecular complexity index is 474. The fraction of sp³-hybridized carbons (Fsp3) is 0.850. The summed E-state index contributed by atoms with van der Waals surface area (Å²) in [6, 6.07) is 0. The van der Waals surface area contributed by atoms with Crippen LogP contribution in [0.15, 0.2) is 11.6 Å². The van der Waals surface area contributed by atoms with Gasteiger partial charge in [-0.2, -0.15) is 0 Å². The quantitative estimate of drug-likeness (QED) is 0.581. The molecule has 5 heteroatoms. The summed E-state index contributed by atoms with van der Waals surface area (Å²) in [5, 5.41) is 17.6. The highest BCUT2D eigenvalue weighted by molar-refractivity contribution is 5.72. The van der Waals surface area contributed by atoms with Gasteiger partial charge in [0.05, 0.1) is 0 Å². The van der Waals surface area contributed by atoms with E-state index in [1.165, 1.54) is 19.5 Å². The van der Waals surface area contributed by atoms with Gasteiger partial charge in [0.2, 0.25) is 5.91 Å². The second kappa shape index (κ2) is 8.65. The van der Waals surface area contributed by atoms with Crippen LogP contribution in [-0.4, -0.2) is 41.8 Å². The Morgan fingerprint density at radius 2 is 1.88 bits per heavy atom. The van der Waals surface area contributed by atoms with Gasteiger partial charge in [-0.15, -0.1) is 0 Å². The van der Waals surface area contributed by atoms with Crippen molar-refractivity contribution >= 4 is 5.91 Å². The summed E-state index contributed by atoms with van der Waals surface area (Å²) in [7, 11) is 1.53. The van der Waals surface area contributed by atoms with Crippen LogP contribution in [0.1, 0.15) is 67.7 Å². The predicted molar refractivity (Wildman–Crippen MR) is 105 cm³/mol. The molecule has 2 unspecified atom stereocenters. The standard InChI is InChI=1S/C20H38N3O2/c1-15(24)22(8)23(25)12-11-16-9-10-18(19(2,3)4)13-17(16)14-21-20(5,6)7/h9,17-18,21H,10-14H2,1-8H3/q-1. The Morgan fingerprint density at radius 3 is 2.36 bits per heavy atom. The van der Waals surface area contributed by atoms with Crippen LogP contribution in [0.25, 0.3) is 0 Å². The average Bonchev–Trinajstić information content (AvgIpc) is 2.48. The van der Waals surface area contributed by atoms with E-state index >= 15 is 0 Å². The molecule has 1 aliphatic rings. The topological polar surface area (TPSA) is 58.6 Å². The molecule has 1 rings (SSSR count). The molecule has 1 aliphatic carbocycles. The molecule has 25 heavy (non-hydrogen) atoms. The van der Waals surface area contributed by atoms with E-state index in [1.54, 1.807) is 0 Å². The lowest BCUT2D eigenvalue weighted by Crippen LogP contribution is -2.42. The Kier molecular flexibility index (Phi) is 7.66. The molecule has 0 heterocycles. The minimum atomic E-state index is -0.230. The second-order valence-electron chi connectivity index (χ2n) is 9.51. The van der Waals surface area contributed by atoms with Crippen LogP contribution in [0.5, 0.6) is 0 Å². The zero-order chi connectivity index (χ0) is 19.4. The molecule has 0 saturated heterocycles. The van der Waals surface area contributed by atoms with Crippen LogP contribution in [0, 0.1) is 22.5 Å². The molecular formula is C20H38N3O2-. The first-order valence-electron chi connectivity index (χ1n) is 9.44. The van der Waals surface area contributed by atoms with Gasteiger partial charge in [-0.25, -0.2) is 0 Å². The minimum absolute atomic E-state index is 0.0825. The maximum absolute atomic E-state index is 12.1. The SMILES string of the molecule is CC(=O)N(C)N([O-])CCC1=CCC(C(C)(C)C)CC1CNC(C)(C)C. The second-order valence-corrected chi connectivity index (χ2v) is 9.51. The van der Waals surface area contributed by atoms with Crippen molar-refractivity contribution in [2.75, 3.05) is 20.1 Å². The molecule has 0 radical (unpaired) electrons. The fourth-order valence-corrected chi connectivity index (χ4v) is 3.24. The summed E-state index contributed by atoms with van der Waals surface area (Å²) in [6.45, 7) is 16.2. The Balaban J connectivity index is 2.77. The number of nitrogens with one attached hydrogen (secondary N) is 1. The van der Waals surface area contributed by atoms with Crippen molar-refractivity contribution in [2.24, 2.45) is 17.3 Å². The molecule has 0 aromatic rings. The molecule has 1 N–H and O–H groups in total. The molecule has 0 aromatic heterocycles. The first kappa shape index (κ1) is 22.1. The summed E-state index contributed by atoms with van der Waals surface area (Å²) < 4.78 is 0. The number of rotatable bonds is 6. The number of nitrogens with zero attached hydrogens (tertiary/aromatic N) is 2. The van der Waals surface area contributed by atoms with Crippen molar-refractivity contribution in [1.82, 2.24) is 15.5 Å². The minimum Gasteiger partial charge on any atom is -0.767 e. The number of amides is 1. The van der Waals surface area contributed by atoms with E-state index in [1.807, 2.05) is 0 Å². The van der Waals surface area contributed by atoms with Gasteiger partial charge >= 0.3 is 0 Å². The van der Waals surface area contributed by atoms with E-state index in [2.05, 4.69) is 52.9 Å². The van der Waals surface area contributed by atoms with E-state index in [0.29, 0.717) is 30.2 Å². The highest BCUT2D eigenvalue weighted by Crippen LogP contribution is 2.40. The number of hydrazine groups is 1. The first-order valence-corrected chi connectivity index (χ1v) is 9.44. The zero-order valence-corrected chi connectivity index (χ0v) is 17.5. The monoisotopic (exact) mass is 352 g/mol. The summed E-state index contributed by atoms with van der Waals surface area (Å²) in [5.74, 6) is 0.880. The summed E-state index contributed by atoms with van der Waals surface area (Å²) in [6.07, 6.45) is 5.29. The van der Waals surface area contributed by atoms with E-state index in [0.717, 1.165) is 29.6 Å². The van der Waals surface area contributed by atoms with Gasteiger partial charge in [0.25, 0.3) is 0 Å². The Hall–Kier alpha value is -0.910. The molecule has 146 valence electrons. The molecule has 0 saturated carbocycles. The molecule has 5 nitrogen and oxygen atoms in total. The van der Waals surface area contributed by atoms with Crippen LogP contribution < -0.4 is 5.32 Å². The number of carbonyl (C=O) groups is 1. The van der Waals surface area contributed by atoms with Crippen LogP contribution >= 0.6 is 0 Å². The molecule has 0 fully saturated rings. The number of allylic oxidation sites excluding steroid dienone is 1. The molecule has 0 spiro atoms.